The minimum atomic E-state index is -0.328. The van der Waals surface area contributed by atoms with Crippen LogP contribution in [0.15, 0.2) is 27.6 Å². The number of nitrogens with zero attached hydrogens (tertiary/aromatic N) is 1. The molecule has 0 aromatic rings. The summed E-state index contributed by atoms with van der Waals surface area (Å²) in [5.74, 6) is 0. The van der Waals surface area contributed by atoms with Crippen LogP contribution in [-0.2, 0) is 15.2 Å². The molecule has 0 amide bonds. The molecule has 1 aliphatic rings. The molecular weight excluding hydrogens is 182 g/mol. The van der Waals surface area contributed by atoms with E-state index in [9.17, 15) is 0 Å². The standard InChI is InChI=1S/C10H17NOS/c1-4-10(5-2)12-13-8-6-7-9(3)11-13/h6-8,10H,4-5H2,1-3H3. The van der Waals surface area contributed by atoms with E-state index in [1.165, 1.54) is 0 Å². The van der Waals surface area contributed by atoms with Gasteiger partial charge in [-0.2, -0.15) is 0 Å². The third kappa shape index (κ3) is 3.44. The highest BCUT2D eigenvalue weighted by Gasteiger charge is 2.06. The van der Waals surface area contributed by atoms with Crippen molar-refractivity contribution in [3.05, 3.63) is 23.3 Å². The molecule has 0 N–H and O–H groups in total. The van der Waals surface area contributed by atoms with Crippen LogP contribution in [0.1, 0.15) is 33.6 Å². The normalized spacial score (nSPS) is 21.5. The van der Waals surface area contributed by atoms with Crippen LogP contribution >= 0.6 is 0 Å². The summed E-state index contributed by atoms with van der Waals surface area (Å²) in [6.07, 6.45) is 6.49. The second-order valence-corrected chi connectivity index (χ2v) is 4.24. The van der Waals surface area contributed by atoms with Crippen molar-refractivity contribution in [3.63, 3.8) is 0 Å². The topological polar surface area (TPSA) is 21.6 Å². The molecule has 0 aromatic carbocycles. The summed E-state index contributed by atoms with van der Waals surface area (Å²) in [6, 6.07) is 0. The predicted molar refractivity (Wildman–Crippen MR) is 58.1 cm³/mol. The highest BCUT2D eigenvalue weighted by molar-refractivity contribution is 7.85. The molecule has 0 radical (unpaired) electrons. The van der Waals surface area contributed by atoms with Crippen molar-refractivity contribution < 1.29 is 4.18 Å². The van der Waals surface area contributed by atoms with Crippen molar-refractivity contribution in [1.29, 1.82) is 0 Å². The van der Waals surface area contributed by atoms with Gasteiger partial charge in [-0.15, -0.1) is 0 Å². The molecule has 0 bridgehead atoms. The fourth-order valence-electron chi connectivity index (χ4n) is 1.07. The van der Waals surface area contributed by atoms with Crippen LogP contribution < -0.4 is 0 Å². The quantitative estimate of drug-likeness (QED) is 0.680. The van der Waals surface area contributed by atoms with E-state index < -0.39 is 0 Å². The molecular formula is C10H17NOS. The zero-order valence-electron chi connectivity index (χ0n) is 8.49. The maximum Gasteiger partial charge on any atom is 0.0730 e. The van der Waals surface area contributed by atoms with Gasteiger partial charge in [0.1, 0.15) is 0 Å². The lowest BCUT2D eigenvalue weighted by Crippen LogP contribution is -2.11. The summed E-state index contributed by atoms with van der Waals surface area (Å²) in [7, 11) is -0.328. The average Bonchev–Trinajstić information content (AvgIpc) is 2.14. The van der Waals surface area contributed by atoms with Gasteiger partial charge in [-0.05, 0) is 25.8 Å². The van der Waals surface area contributed by atoms with Gasteiger partial charge in [0.05, 0.1) is 17.1 Å². The van der Waals surface area contributed by atoms with Gasteiger partial charge in [-0.1, -0.05) is 19.9 Å². The van der Waals surface area contributed by atoms with Gasteiger partial charge in [0.2, 0.25) is 0 Å². The molecule has 1 unspecified atom stereocenters. The molecule has 1 rings (SSSR count). The van der Waals surface area contributed by atoms with Gasteiger partial charge in [0.25, 0.3) is 0 Å². The van der Waals surface area contributed by atoms with E-state index in [2.05, 4.69) is 18.2 Å². The first-order valence-corrected chi connectivity index (χ1v) is 5.90. The van der Waals surface area contributed by atoms with E-state index in [1.54, 1.807) is 0 Å². The molecule has 3 heteroatoms. The van der Waals surface area contributed by atoms with E-state index in [0.29, 0.717) is 6.10 Å². The average molecular weight is 199 g/mol. The van der Waals surface area contributed by atoms with Crippen molar-refractivity contribution >= 4 is 11.0 Å². The summed E-state index contributed by atoms with van der Waals surface area (Å²) in [5, 5.41) is 2.02. The lowest BCUT2D eigenvalue weighted by Gasteiger charge is -2.14. The third-order valence-corrected chi connectivity index (χ3v) is 3.24. The Morgan fingerprint density at radius 2 is 2.15 bits per heavy atom. The summed E-state index contributed by atoms with van der Waals surface area (Å²) >= 11 is 0. The van der Waals surface area contributed by atoms with Crippen LogP contribution in [0.4, 0.5) is 0 Å². The van der Waals surface area contributed by atoms with Crippen molar-refractivity contribution in [1.82, 2.24) is 0 Å². The minimum Gasteiger partial charge on any atom is -0.299 e. The predicted octanol–water partition coefficient (Wildman–Crippen LogP) is 3.34. The van der Waals surface area contributed by atoms with Crippen LogP contribution in [-0.4, -0.2) is 6.10 Å². The molecule has 0 aromatic heterocycles. The maximum atomic E-state index is 5.79. The second kappa shape index (κ2) is 5.35. The Morgan fingerprint density at radius 3 is 2.69 bits per heavy atom. The lowest BCUT2D eigenvalue weighted by atomic mass is 10.2. The zero-order valence-corrected chi connectivity index (χ0v) is 9.30. The summed E-state index contributed by atoms with van der Waals surface area (Å²) in [4.78, 5) is 0. The molecule has 13 heavy (non-hydrogen) atoms. The van der Waals surface area contributed by atoms with Crippen LogP contribution in [0.3, 0.4) is 0 Å². The van der Waals surface area contributed by atoms with Gasteiger partial charge < -0.3 is 0 Å². The fourth-order valence-corrected chi connectivity index (χ4v) is 2.34. The Balaban J connectivity index is 2.55. The molecule has 0 fully saturated rings. The first-order chi connectivity index (χ1) is 6.26. The van der Waals surface area contributed by atoms with Crippen LogP contribution in [0, 0.1) is 0 Å². The van der Waals surface area contributed by atoms with Crippen LogP contribution in [0.25, 0.3) is 0 Å². The molecule has 1 atom stereocenters. The molecule has 1 aliphatic heterocycles. The summed E-state index contributed by atoms with van der Waals surface area (Å²) in [6.45, 7) is 6.29. The van der Waals surface area contributed by atoms with E-state index in [1.807, 2.05) is 24.5 Å². The molecule has 74 valence electrons. The van der Waals surface area contributed by atoms with Crippen LogP contribution in [0.2, 0.25) is 0 Å². The number of hydrogen-bond acceptors (Lipinski definition) is 2. The molecule has 1 heterocycles. The summed E-state index contributed by atoms with van der Waals surface area (Å²) in [5.41, 5.74) is 1.05. The Kier molecular flexibility index (Phi) is 4.39. The smallest absolute Gasteiger partial charge is 0.0730 e. The van der Waals surface area contributed by atoms with E-state index in [0.717, 1.165) is 18.5 Å². The van der Waals surface area contributed by atoms with Gasteiger partial charge in [-0.25, -0.2) is 4.36 Å². The Bertz CT molecular complexity index is 252. The van der Waals surface area contributed by atoms with Gasteiger partial charge >= 0.3 is 0 Å². The molecule has 0 saturated heterocycles. The van der Waals surface area contributed by atoms with Crippen molar-refractivity contribution in [3.8, 4) is 0 Å². The second-order valence-electron chi connectivity index (χ2n) is 3.04. The molecule has 0 spiro atoms. The van der Waals surface area contributed by atoms with Gasteiger partial charge in [0, 0.05) is 11.1 Å². The first kappa shape index (κ1) is 10.7. The Labute approximate surface area is 83.0 Å². The fraction of sp³-hybridized carbons (Fsp3) is 0.600. The van der Waals surface area contributed by atoms with E-state index in [-0.39, 0.29) is 11.0 Å². The van der Waals surface area contributed by atoms with Crippen molar-refractivity contribution in [2.45, 2.75) is 39.7 Å². The SMILES string of the molecule is CCC(CC)OS1=NC(C)=CC=C1. The zero-order chi connectivity index (χ0) is 9.68. The van der Waals surface area contributed by atoms with Crippen molar-refractivity contribution in [2.75, 3.05) is 0 Å². The lowest BCUT2D eigenvalue weighted by molar-refractivity contribution is 0.227. The Hall–Kier alpha value is -0.410. The van der Waals surface area contributed by atoms with Gasteiger partial charge in [0.15, 0.2) is 0 Å². The van der Waals surface area contributed by atoms with Crippen molar-refractivity contribution in [2.24, 2.45) is 4.36 Å². The monoisotopic (exact) mass is 199 g/mol. The molecule has 0 aliphatic carbocycles. The highest BCUT2D eigenvalue weighted by Crippen LogP contribution is 2.13. The highest BCUT2D eigenvalue weighted by atomic mass is 32.2. The molecule has 0 saturated carbocycles. The molecule has 2 nitrogen and oxygen atoms in total. The first-order valence-electron chi connectivity index (χ1n) is 4.73. The maximum absolute atomic E-state index is 5.79. The number of hydrogen-bond donors (Lipinski definition) is 0. The largest absolute Gasteiger partial charge is 0.299 e. The minimum absolute atomic E-state index is 0.328. The summed E-state index contributed by atoms with van der Waals surface area (Å²) < 4.78 is 10.2. The van der Waals surface area contributed by atoms with E-state index >= 15 is 0 Å². The number of rotatable bonds is 4. The van der Waals surface area contributed by atoms with Crippen LogP contribution in [0.5, 0.6) is 0 Å². The number of allylic oxidation sites excluding steroid dienone is 3. The third-order valence-electron chi connectivity index (χ3n) is 1.91. The Morgan fingerprint density at radius 1 is 1.46 bits per heavy atom. The van der Waals surface area contributed by atoms with E-state index in [4.69, 9.17) is 4.18 Å². The van der Waals surface area contributed by atoms with Gasteiger partial charge in [-0.3, -0.25) is 4.18 Å².